The summed E-state index contributed by atoms with van der Waals surface area (Å²) in [5.74, 6) is -1.16. The summed E-state index contributed by atoms with van der Waals surface area (Å²) >= 11 is 5.92. The lowest BCUT2D eigenvalue weighted by atomic mass is 10.0. The summed E-state index contributed by atoms with van der Waals surface area (Å²) in [6, 6.07) is 6.39. The summed E-state index contributed by atoms with van der Waals surface area (Å²) in [7, 11) is 0. The molecule has 6 nitrogen and oxygen atoms in total. The number of aliphatic carboxylic acids is 1. The number of halogens is 1. The first-order chi connectivity index (χ1) is 12.2. The van der Waals surface area contributed by atoms with Crippen LogP contribution in [-0.2, 0) is 16.0 Å². The van der Waals surface area contributed by atoms with E-state index in [1.165, 1.54) is 0 Å². The second kappa shape index (κ2) is 8.36. The second-order valence-electron chi connectivity index (χ2n) is 6.80. The predicted molar refractivity (Wildman–Crippen MR) is 101 cm³/mol. The van der Waals surface area contributed by atoms with Crippen LogP contribution in [-0.4, -0.2) is 32.8 Å². The van der Waals surface area contributed by atoms with Crippen molar-refractivity contribution >= 4 is 23.5 Å². The fourth-order valence-electron chi connectivity index (χ4n) is 2.86. The van der Waals surface area contributed by atoms with Crippen molar-refractivity contribution in [2.75, 3.05) is 0 Å². The van der Waals surface area contributed by atoms with Crippen molar-refractivity contribution in [3.63, 3.8) is 0 Å². The van der Waals surface area contributed by atoms with E-state index in [0.717, 1.165) is 22.6 Å². The van der Waals surface area contributed by atoms with Crippen LogP contribution in [0.3, 0.4) is 0 Å². The molecule has 2 rings (SSSR count). The Bertz CT molecular complexity index is 797. The predicted octanol–water partition coefficient (Wildman–Crippen LogP) is 3.30. The van der Waals surface area contributed by atoms with E-state index in [2.05, 4.69) is 10.4 Å². The molecule has 0 radical (unpaired) electrons. The van der Waals surface area contributed by atoms with E-state index in [0.29, 0.717) is 11.4 Å². The van der Waals surface area contributed by atoms with Gasteiger partial charge in [-0.1, -0.05) is 25.4 Å². The molecule has 1 heterocycles. The Morgan fingerprint density at radius 2 is 1.85 bits per heavy atom. The van der Waals surface area contributed by atoms with Crippen LogP contribution in [0.1, 0.15) is 37.2 Å². The van der Waals surface area contributed by atoms with Gasteiger partial charge in [-0.3, -0.25) is 4.79 Å². The number of rotatable bonds is 7. The summed E-state index contributed by atoms with van der Waals surface area (Å²) in [4.78, 5) is 23.7. The Morgan fingerprint density at radius 1 is 1.23 bits per heavy atom. The molecule has 2 N–H and O–H groups in total. The monoisotopic (exact) mass is 377 g/mol. The van der Waals surface area contributed by atoms with Crippen LogP contribution in [0, 0.1) is 19.8 Å². The Balaban J connectivity index is 2.18. The van der Waals surface area contributed by atoms with Gasteiger partial charge in [-0.05, 0) is 50.5 Å². The molecule has 0 bridgehead atoms. The molecule has 1 amide bonds. The van der Waals surface area contributed by atoms with Crippen molar-refractivity contribution in [3.05, 3.63) is 46.2 Å². The lowest BCUT2D eigenvalue weighted by Crippen LogP contribution is -2.42. The Labute approximate surface area is 158 Å². The van der Waals surface area contributed by atoms with Crippen molar-refractivity contribution in [2.24, 2.45) is 5.92 Å². The van der Waals surface area contributed by atoms with Gasteiger partial charge in [0.1, 0.15) is 6.04 Å². The molecule has 1 atom stereocenters. The summed E-state index contributed by atoms with van der Waals surface area (Å²) < 4.78 is 1.76. The topological polar surface area (TPSA) is 84.2 Å². The van der Waals surface area contributed by atoms with Crippen LogP contribution in [0.4, 0.5) is 0 Å². The third kappa shape index (κ3) is 4.85. The summed E-state index contributed by atoms with van der Waals surface area (Å²) in [6.45, 7) is 7.57. The zero-order chi connectivity index (χ0) is 19.4. The highest BCUT2D eigenvalue weighted by atomic mass is 35.5. The maximum absolute atomic E-state index is 12.4. The smallest absolute Gasteiger partial charge is 0.326 e. The van der Waals surface area contributed by atoms with Crippen LogP contribution >= 0.6 is 11.6 Å². The van der Waals surface area contributed by atoms with Gasteiger partial charge < -0.3 is 10.4 Å². The SMILES string of the molecule is Cc1nn(-c2ccc(Cl)cc2)c(C)c1CC(=O)N[C@@H](CC(C)C)C(=O)O. The minimum Gasteiger partial charge on any atom is -0.480 e. The lowest BCUT2D eigenvalue weighted by molar-refractivity contribution is -0.142. The normalized spacial score (nSPS) is 12.2. The first kappa shape index (κ1) is 20.0. The van der Waals surface area contributed by atoms with E-state index in [1.807, 2.05) is 39.8 Å². The Hall–Kier alpha value is -2.34. The molecule has 0 saturated heterocycles. The zero-order valence-electron chi connectivity index (χ0n) is 15.4. The van der Waals surface area contributed by atoms with E-state index in [-0.39, 0.29) is 18.2 Å². The largest absolute Gasteiger partial charge is 0.480 e. The number of carbonyl (C=O) groups excluding carboxylic acids is 1. The highest BCUT2D eigenvalue weighted by Gasteiger charge is 2.23. The second-order valence-corrected chi connectivity index (χ2v) is 7.24. The Kier molecular flexibility index (Phi) is 6.42. The third-order valence-corrected chi connectivity index (χ3v) is 4.44. The molecule has 0 fully saturated rings. The number of carboxylic acids is 1. The summed E-state index contributed by atoms with van der Waals surface area (Å²) in [5.41, 5.74) is 3.23. The maximum Gasteiger partial charge on any atom is 0.326 e. The standard InChI is InChI=1S/C19H24ClN3O3/c1-11(2)9-17(19(25)26)21-18(24)10-16-12(3)22-23(13(16)4)15-7-5-14(20)6-8-15/h5-8,11,17H,9-10H2,1-4H3,(H,21,24)(H,25,26)/t17-/m0/s1. The lowest BCUT2D eigenvalue weighted by Gasteiger charge is -2.16. The van der Waals surface area contributed by atoms with Crippen molar-refractivity contribution in [3.8, 4) is 5.69 Å². The van der Waals surface area contributed by atoms with E-state index in [4.69, 9.17) is 11.6 Å². The van der Waals surface area contributed by atoms with Gasteiger partial charge in [0, 0.05) is 16.3 Å². The number of aromatic nitrogens is 2. The highest BCUT2D eigenvalue weighted by Crippen LogP contribution is 2.20. The molecule has 26 heavy (non-hydrogen) atoms. The number of carbonyl (C=O) groups is 2. The average Bonchev–Trinajstić information content (AvgIpc) is 2.82. The van der Waals surface area contributed by atoms with E-state index < -0.39 is 12.0 Å². The number of amides is 1. The minimum atomic E-state index is -1.02. The summed E-state index contributed by atoms with van der Waals surface area (Å²) in [6.07, 6.45) is 0.482. The fraction of sp³-hybridized carbons (Fsp3) is 0.421. The van der Waals surface area contributed by atoms with Gasteiger partial charge in [0.2, 0.25) is 5.91 Å². The van der Waals surface area contributed by atoms with Gasteiger partial charge in [-0.2, -0.15) is 5.10 Å². The van der Waals surface area contributed by atoms with Gasteiger partial charge in [-0.15, -0.1) is 0 Å². The van der Waals surface area contributed by atoms with Crippen LogP contribution in [0.25, 0.3) is 5.69 Å². The van der Waals surface area contributed by atoms with Crippen LogP contribution in [0.2, 0.25) is 5.02 Å². The molecule has 2 aromatic rings. The first-order valence-corrected chi connectivity index (χ1v) is 8.90. The molecule has 0 aliphatic rings. The number of nitrogens with zero attached hydrogens (tertiary/aromatic N) is 2. The van der Waals surface area contributed by atoms with Gasteiger partial charge in [0.25, 0.3) is 0 Å². The van der Waals surface area contributed by atoms with Crippen LogP contribution in [0.15, 0.2) is 24.3 Å². The van der Waals surface area contributed by atoms with E-state index in [1.54, 1.807) is 16.8 Å². The number of hydrogen-bond donors (Lipinski definition) is 2. The van der Waals surface area contributed by atoms with Crippen molar-refractivity contribution in [2.45, 2.75) is 46.6 Å². The molecule has 1 aromatic carbocycles. The maximum atomic E-state index is 12.4. The molecular formula is C19H24ClN3O3. The molecule has 140 valence electrons. The van der Waals surface area contributed by atoms with Crippen LogP contribution in [0.5, 0.6) is 0 Å². The van der Waals surface area contributed by atoms with E-state index in [9.17, 15) is 14.7 Å². The Morgan fingerprint density at radius 3 is 2.38 bits per heavy atom. The average molecular weight is 378 g/mol. The van der Waals surface area contributed by atoms with Crippen molar-refractivity contribution < 1.29 is 14.7 Å². The number of benzene rings is 1. The highest BCUT2D eigenvalue weighted by molar-refractivity contribution is 6.30. The minimum absolute atomic E-state index is 0.0904. The molecule has 1 aromatic heterocycles. The van der Waals surface area contributed by atoms with Crippen molar-refractivity contribution in [1.29, 1.82) is 0 Å². The molecular weight excluding hydrogens is 354 g/mol. The van der Waals surface area contributed by atoms with Crippen molar-refractivity contribution in [1.82, 2.24) is 15.1 Å². The van der Waals surface area contributed by atoms with E-state index >= 15 is 0 Å². The third-order valence-electron chi connectivity index (χ3n) is 4.19. The fourth-order valence-corrected chi connectivity index (χ4v) is 2.99. The van der Waals surface area contributed by atoms with Crippen LogP contribution < -0.4 is 5.32 Å². The molecule has 7 heteroatoms. The number of nitrogens with one attached hydrogen (secondary N) is 1. The molecule has 0 aliphatic carbocycles. The summed E-state index contributed by atoms with van der Waals surface area (Å²) in [5, 5.41) is 17.0. The van der Waals surface area contributed by atoms with Gasteiger partial charge >= 0.3 is 5.97 Å². The van der Waals surface area contributed by atoms with Gasteiger partial charge in [0.15, 0.2) is 0 Å². The van der Waals surface area contributed by atoms with Gasteiger partial charge in [-0.25, -0.2) is 9.48 Å². The number of hydrogen-bond acceptors (Lipinski definition) is 3. The van der Waals surface area contributed by atoms with Gasteiger partial charge in [0.05, 0.1) is 17.8 Å². The molecule has 0 unspecified atom stereocenters. The molecule has 0 spiro atoms. The number of carboxylic acid groups (broad SMARTS) is 1. The quantitative estimate of drug-likeness (QED) is 0.775. The molecule has 0 aliphatic heterocycles. The number of aryl methyl sites for hydroxylation is 1. The molecule has 0 saturated carbocycles. The first-order valence-electron chi connectivity index (χ1n) is 8.52. The zero-order valence-corrected chi connectivity index (χ0v) is 16.2.